The number of carbonyl (C=O) groups is 1. The second-order valence-electron chi connectivity index (χ2n) is 6.29. The number of benzene rings is 2. The maximum absolute atomic E-state index is 14.0. The lowest BCUT2D eigenvalue weighted by atomic mass is 10.0. The maximum Gasteiger partial charge on any atom is 0.339 e. The number of carboxylic acids is 1. The van der Waals surface area contributed by atoms with Crippen molar-refractivity contribution in [3.8, 4) is 34.5 Å². The molecule has 0 saturated carbocycles. The first-order chi connectivity index (χ1) is 14.0. The van der Waals surface area contributed by atoms with Crippen molar-refractivity contribution in [1.82, 2.24) is 9.97 Å². The highest BCUT2D eigenvalue weighted by Crippen LogP contribution is 2.27. The molecule has 0 amide bonds. The molecule has 6 nitrogen and oxygen atoms in total. The summed E-state index contributed by atoms with van der Waals surface area (Å²) in [6.45, 7) is 2.72. The number of unbranched alkanes of at least 4 members (excludes halogenated alkanes) is 1. The molecule has 0 radical (unpaired) electrons. The fourth-order valence-corrected chi connectivity index (χ4v) is 2.69. The van der Waals surface area contributed by atoms with E-state index in [9.17, 15) is 14.3 Å². The molecule has 0 bridgehead atoms. The van der Waals surface area contributed by atoms with E-state index in [1.165, 1.54) is 18.3 Å². The second-order valence-corrected chi connectivity index (χ2v) is 6.29. The summed E-state index contributed by atoms with van der Waals surface area (Å²) in [5.41, 5.74) is 0.715. The number of rotatable bonds is 7. The lowest BCUT2D eigenvalue weighted by Crippen LogP contribution is -2.05. The van der Waals surface area contributed by atoms with Gasteiger partial charge in [0.1, 0.15) is 23.2 Å². The molecule has 0 aliphatic heterocycles. The molecular weight excluding hydrogens is 373 g/mol. The Bertz CT molecular complexity index is 1080. The van der Waals surface area contributed by atoms with Gasteiger partial charge in [0, 0.05) is 17.3 Å². The number of halogens is 1. The SMILES string of the molecule is CCCCOc1ccc(-c2ncc(C(=O)O)c(-c3ccc(C#N)c(F)c3)n2)cc1. The minimum absolute atomic E-state index is 0.0779. The van der Waals surface area contributed by atoms with E-state index >= 15 is 0 Å². The molecule has 29 heavy (non-hydrogen) atoms. The number of aromatic carboxylic acids is 1. The van der Waals surface area contributed by atoms with Crippen LogP contribution in [-0.4, -0.2) is 27.7 Å². The van der Waals surface area contributed by atoms with Gasteiger partial charge in [-0.1, -0.05) is 19.4 Å². The van der Waals surface area contributed by atoms with Crippen LogP contribution in [0.1, 0.15) is 35.7 Å². The number of carboxylic acid groups (broad SMARTS) is 1. The summed E-state index contributed by atoms with van der Waals surface area (Å²) in [6.07, 6.45) is 3.20. The van der Waals surface area contributed by atoms with Crippen molar-refractivity contribution in [2.75, 3.05) is 6.61 Å². The van der Waals surface area contributed by atoms with Crippen LogP contribution in [0.4, 0.5) is 4.39 Å². The van der Waals surface area contributed by atoms with E-state index < -0.39 is 11.8 Å². The maximum atomic E-state index is 14.0. The smallest absolute Gasteiger partial charge is 0.339 e. The second kappa shape index (κ2) is 8.93. The molecule has 0 unspecified atom stereocenters. The Morgan fingerprint density at radius 3 is 2.55 bits per heavy atom. The molecule has 0 aliphatic rings. The molecule has 1 aromatic heterocycles. The van der Waals surface area contributed by atoms with Crippen LogP contribution in [-0.2, 0) is 0 Å². The quantitative estimate of drug-likeness (QED) is 0.587. The molecule has 7 heteroatoms. The van der Waals surface area contributed by atoms with E-state index in [-0.39, 0.29) is 22.4 Å². The highest BCUT2D eigenvalue weighted by atomic mass is 19.1. The van der Waals surface area contributed by atoms with E-state index in [0.717, 1.165) is 24.7 Å². The summed E-state index contributed by atoms with van der Waals surface area (Å²) >= 11 is 0. The Morgan fingerprint density at radius 2 is 1.93 bits per heavy atom. The zero-order valence-corrected chi connectivity index (χ0v) is 15.7. The van der Waals surface area contributed by atoms with Crippen LogP contribution in [0.25, 0.3) is 22.6 Å². The molecule has 0 fully saturated rings. The van der Waals surface area contributed by atoms with Gasteiger partial charge in [-0.15, -0.1) is 0 Å². The zero-order chi connectivity index (χ0) is 20.8. The van der Waals surface area contributed by atoms with Gasteiger partial charge in [-0.25, -0.2) is 19.2 Å². The van der Waals surface area contributed by atoms with Crippen LogP contribution in [0.5, 0.6) is 5.75 Å². The molecular formula is C22H18FN3O3. The largest absolute Gasteiger partial charge is 0.494 e. The standard InChI is InChI=1S/C22H18FN3O3/c1-2-3-10-29-17-8-6-14(7-9-17)21-25-13-18(22(27)28)20(26-21)15-4-5-16(12-24)19(23)11-15/h4-9,11,13H,2-3,10H2,1H3,(H,27,28). The van der Waals surface area contributed by atoms with Gasteiger partial charge < -0.3 is 9.84 Å². The van der Waals surface area contributed by atoms with Gasteiger partial charge in [0.25, 0.3) is 0 Å². The summed E-state index contributed by atoms with van der Waals surface area (Å²) in [7, 11) is 0. The lowest BCUT2D eigenvalue weighted by Gasteiger charge is -2.09. The first-order valence-electron chi connectivity index (χ1n) is 9.07. The van der Waals surface area contributed by atoms with Crippen molar-refractivity contribution >= 4 is 5.97 Å². The van der Waals surface area contributed by atoms with Gasteiger partial charge in [0.05, 0.1) is 17.9 Å². The molecule has 3 rings (SSSR count). The monoisotopic (exact) mass is 391 g/mol. The third-order valence-corrected chi connectivity index (χ3v) is 4.26. The molecule has 146 valence electrons. The van der Waals surface area contributed by atoms with E-state index in [0.29, 0.717) is 18.0 Å². The van der Waals surface area contributed by atoms with E-state index in [2.05, 4.69) is 16.9 Å². The highest BCUT2D eigenvalue weighted by molar-refractivity contribution is 5.94. The van der Waals surface area contributed by atoms with Gasteiger partial charge in [-0.05, 0) is 42.8 Å². The van der Waals surface area contributed by atoms with Gasteiger partial charge in [-0.2, -0.15) is 5.26 Å². The van der Waals surface area contributed by atoms with E-state index in [1.54, 1.807) is 30.3 Å². The first-order valence-corrected chi connectivity index (χ1v) is 9.07. The van der Waals surface area contributed by atoms with Crippen LogP contribution >= 0.6 is 0 Å². The topological polar surface area (TPSA) is 96.1 Å². The van der Waals surface area contributed by atoms with Gasteiger partial charge >= 0.3 is 5.97 Å². The lowest BCUT2D eigenvalue weighted by molar-refractivity contribution is 0.0697. The molecule has 3 aromatic rings. The van der Waals surface area contributed by atoms with Crippen molar-refractivity contribution in [2.45, 2.75) is 19.8 Å². The summed E-state index contributed by atoms with van der Waals surface area (Å²) in [5, 5.41) is 18.3. The molecule has 1 heterocycles. The third kappa shape index (κ3) is 4.55. The van der Waals surface area contributed by atoms with Gasteiger partial charge in [0.2, 0.25) is 0 Å². The Labute approximate surface area is 167 Å². The Morgan fingerprint density at radius 1 is 1.21 bits per heavy atom. The Hall–Kier alpha value is -3.79. The molecule has 1 N–H and O–H groups in total. The van der Waals surface area contributed by atoms with Crippen molar-refractivity contribution in [1.29, 1.82) is 5.26 Å². The first kappa shape index (κ1) is 20.0. The van der Waals surface area contributed by atoms with Crippen LogP contribution in [0.2, 0.25) is 0 Å². The van der Waals surface area contributed by atoms with Crippen LogP contribution in [0.15, 0.2) is 48.7 Å². The molecule has 0 atom stereocenters. The summed E-state index contributed by atoms with van der Waals surface area (Å²) in [6, 6.07) is 12.7. The number of ether oxygens (including phenoxy) is 1. The molecule has 0 saturated heterocycles. The third-order valence-electron chi connectivity index (χ3n) is 4.26. The van der Waals surface area contributed by atoms with E-state index in [1.807, 2.05) is 0 Å². The number of nitrogens with zero attached hydrogens (tertiary/aromatic N) is 3. The molecule has 0 spiro atoms. The number of nitriles is 1. The summed E-state index contributed by atoms with van der Waals surface area (Å²) in [4.78, 5) is 20.1. The van der Waals surface area contributed by atoms with Gasteiger partial charge in [0.15, 0.2) is 5.82 Å². The van der Waals surface area contributed by atoms with E-state index in [4.69, 9.17) is 10.00 Å². The van der Waals surface area contributed by atoms with Crippen LogP contribution in [0, 0.1) is 17.1 Å². The number of aromatic nitrogens is 2. The average Bonchev–Trinajstić information content (AvgIpc) is 2.74. The average molecular weight is 391 g/mol. The zero-order valence-electron chi connectivity index (χ0n) is 15.7. The normalized spacial score (nSPS) is 10.4. The Balaban J connectivity index is 1.98. The van der Waals surface area contributed by atoms with Crippen molar-refractivity contribution < 1.29 is 19.0 Å². The fourth-order valence-electron chi connectivity index (χ4n) is 2.69. The molecule has 0 aliphatic carbocycles. The molecule has 2 aromatic carbocycles. The fraction of sp³-hybridized carbons (Fsp3) is 0.182. The minimum atomic E-state index is -1.23. The predicted molar refractivity (Wildman–Crippen MR) is 105 cm³/mol. The van der Waals surface area contributed by atoms with Crippen molar-refractivity contribution in [3.05, 3.63) is 65.6 Å². The van der Waals surface area contributed by atoms with Gasteiger partial charge in [-0.3, -0.25) is 0 Å². The summed E-state index contributed by atoms with van der Waals surface area (Å²) < 4.78 is 19.7. The predicted octanol–water partition coefficient (Wildman–Crippen LogP) is 4.70. The van der Waals surface area contributed by atoms with Crippen molar-refractivity contribution in [3.63, 3.8) is 0 Å². The summed E-state index contributed by atoms with van der Waals surface area (Å²) in [5.74, 6) is -0.945. The van der Waals surface area contributed by atoms with Crippen molar-refractivity contribution in [2.24, 2.45) is 0 Å². The van der Waals surface area contributed by atoms with Crippen LogP contribution in [0.3, 0.4) is 0 Å². The Kier molecular flexibility index (Phi) is 6.15. The number of hydrogen-bond donors (Lipinski definition) is 1. The van der Waals surface area contributed by atoms with Crippen LogP contribution < -0.4 is 4.74 Å². The minimum Gasteiger partial charge on any atom is -0.494 e. The highest BCUT2D eigenvalue weighted by Gasteiger charge is 2.17. The number of hydrogen-bond acceptors (Lipinski definition) is 5.